The molecule has 4 heteroatoms. The van der Waals surface area contributed by atoms with Crippen LogP contribution in [-0.4, -0.2) is 40.2 Å². The zero-order chi connectivity index (χ0) is 12.4. The molecule has 2 heterocycles. The predicted octanol–water partition coefficient (Wildman–Crippen LogP) is 1.80. The molecule has 1 fully saturated rings. The van der Waals surface area contributed by atoms with Crippen molar-refractivity contribution in [2.45, 2.75) is 51.7 Å². The van der Waals surface area contributed by atoms with Gasteiger partial charge >= 0.3 is 0 Å². The fraction of sp³-hybridized carbons (Fsp3) is 0.769. The van der Waals surface area contributed by atoms with Crippen LogP contribution in [0.3, 0.4) is 0 Å². The van der Waals surface area contributed by atoms with E-state index in [1.807, 2.05) is 0 Å². The van der Waals surface area contributed by atoms with Gasteiger partial charge in [-0.05, 0) is 33.7 Å². The van der Waals surface area contributed by atoms with Crippen LogP contribution in [0.15, 0.2) is 10.6 Å². The summed E-state index contributed by atoms with van der Waals surface area (Å²) < 4.78 is 5.71. The summed E-state index contributed by atoms with van der Waals surface area (Å²) in [4.78, 5) is 6.79. The summed E-state index contributed by atoms with van der Waals surface area (Å²) in [6, 6.07) is 0.590. The number of aliphatic hydroxyl groups is 1. The van der Waals surface area contributed by atoms with Gasteiger partial charge in [0.05, 0.1) is 12.3 Å². The molecule has 0 radical (unpaired) electrons. The standard InChI is InChI=1S/C13H22N2O2/c1-9(2)15-5-4-11(8-15)13-14-7-12(17-13)6-10(3)16/h7,9-11,16H,4-6,8H2,1-3H3. The Hall–Kier alpha value is -0.870. The van der Waals surface area contributed by atoms with E-state index in [-0.39, 0.29) is 6.10 Å². The van der Waals surface area contributed by atoms with Crippen molar-refractivity contribution < 1.29 is 9.52 Å². The zero-order valence-corrected chi connectivity index (χ0v) is 10.9. The first-order valence-corrected chi connectivity index (χ1v) is 6.43. The smallest absolute Gasteiger partial charge is 0.198 e. The summed E-state index contributed by atoms with van der Waals surface area (Å²) in [7, 11) is 0. The molecule has 1 N–H and O–H groups in total. The van der Waals surface area contributed by atoms with Gasteiger partial charge in [0.15, 0.2) is 5.89 Å². The van der Waals surface area contributed by atoms with Gasteiger partial charge in [0.1, 0.15) is 5.76 Å². The Labute approximate surface area is 103 Å². The fourth-order valence-electron chi connectivity index (χ4n) is 2.35. The summed E-state index contributed by atoms with van der Waals surface area (Å²) in [6.45, 7) is 8.36. The third kappa shape index (κ3) is 3.07. The highest BCUT2D eigenvalue weighted by Gasteiger charge is 2.28. The first-order chi connectivity index (χ1) is 8.06. The average molecular weight is 238 g/mol. The minimum atomic E-state index is -0.369. The molecular formula is C13H22N2O2. The number of aromatic nitrogens is 1. The largest absolute Gasteiger partial charge is 0.445 e. The third-order valence-corrected chi connectivity index (χ3v) is 3.37. The number of nitrogens with zero attached hydrogens (tertiary/aromatic N) is 2. The maximum atomic E-state index is 9.30. The van der Waals surface area contributed by atoms with Crippen LogP contribution in [0.5, 0.6) is 0 Å². The Kier molecular flexibility index (Phi) is 3.84. The Bertz CT molecular complexity index is 360. The van der Waals surface area contributed by atoms with E-state index in [2.05, 4.69) is 23.7 Å². The molecule has 2 unspecified atom stereocenters. The molecule has 0 spiro atoms. The summed E-state index contributed by atoms with van der Waals surface area (Å²) in [5, 5.41) is 9.30. The zero-order valence-electron chi connectivity index (χ0n) is 10.9. The van der Waals surface area contributed by atoms with Crippen molar-refractivity contribution in [1.82, 2.24) is 9.88 Å². The second-order valence-electron chi connectivity index (χ2n) is 5.29. The molecule has 17 heavy (non-hydrogen) atoms. The predicted molar refractivity (Wildman–Crippen MR) is 66.0 cm³/mol. The lowest BCUT2D eigenvalue weighted by molar-refractivity contribution is 0.186. The fourth-order valence-corrected chi connectivity index (χ4v) is 2.35. The number of hydrogen-bond donors (Lipinski definition) is 1. The molecule has 1 aromatic rings. The highest BCUT2D eigenvalue weighted by Crippen LogP contribution is 2.28. The van der Waals surface area contributed by atoms with Crippen LogP contribution in [-0.2, 0) is 6.42 Å². The van der Waals surface area contributed by atoms with Gasteiger partial charge in [-0.3, -0.25) is 0 Å². The summed E-state index contributed by atoms with van der Waals surface area (Å²) in [6.07, 6.45) is 3.05. The lowest BCUT2D eigenvalue weighted by atomic mass is 10.1. The van der Waals surface area contributed by atoms with E-state index in [0.717, 1.165) is 31.2 Å². The Morgan fingerprint density at radius 2 is 2.29 bits per heavy atom. The number of aliphatic hydroxyl groups excluding tert-OH is 1. The van der Waals surface area contributed by atoms with E-state index in [1.54, 1.807) is 13.1 Å². The SMILES string of the molecule is CC(O)Cc1cnc(C2CCN(C(C)C)C2)o1. The van der Waals surface area contributed by atoms with E-state index >= 15 is 0 Å². The van der Waals surface area contributed by atoms with Gasteiger partial charge in [0.2, 0.25) is 0 Å². The second-order valence-corrected chi connectivity index (χ2v) is 5.29. The topological polar surface area (TPSA) is 49.5 Å². The molecule has 1 aliphatic heterocycles. The van der Waals surface area contributed by atoms with Crippen molar-refractivity contribution >= 4 is 0 Å². The number of oxazole rings is 1. The van der Waals surface area contributed by atoms with Crippen molar-refractivity contribution in [3.8, 4) is 0 Å². The Balaban J connectivity index is 1.97. The van der Waals surface area contributed by atoms with Crippen LogP contribution in [0.4, 0.5) is 0 Å². The summed E-state index contributed by atoms with van der Waals surface area (Å²) >= 11 is 0. The van der Waals surface area contributed by atoms with Gasteiger partial charge in [-0.25, -0.2) is 4.98 Å². The van der Waals surface area contributed by atoms with E-state index < -0.39 is 0 Å². The molecule has 2 atom stereocenters. The van der Waals surface area contributed by atoms with Crippen LogP contribution < -0.4 is 0 Å². The Morgan fingerprint density at radius 3 is 2.88 bits per heavy atom. The molecule has 96 valence electrons. The molecule has 0 aromatic carbocycles. The van der Waals surface area contributed by atoms with Crippen molar-refractivity contribution in [2.24, 2.45) is 0 Å². The number of rotatable bonds is 4. The van der Waals surface area contributed by atoms with E-state index in [9.17, 15) is 5.11 Å². The van der Waals surface area contributed by atoms with Crippen LogP contribution in [0, 0.1) is 0 Å². The van der Waals surface area contributed by atoms with Crippen LogP contribution in [0.25, 0.3) is 0 Å². The van der Waals surface area contributed by atoms with Gasteiger partial charge < -0.3 is 14.4 Å². The summed E-state index contributed by atoms with van der Waals surface area (Å²) in [5.41, 5.74) is 0. The first kappa shape index (κ1) is 12.6. The molecular weight excluding hydrogens is 216 g/mol. The van der Waals surface area contributed by atoms with Gasteiger partial charge in [0, 0.05) is 24.9 Å². The van der Waals surface area contributed by atoms with Crippen LogP contribution in [0.2, 0.25) is 0 Å². The van der Waals surface area contributed by atoms with E-state index in [4.69, 9.17) is 4.42 Å². The average Bonchev–Trinajstić information content (AvgIpc) is 2.83. The highest BCUT2D eigenvalue weighted by molar-refractivity contribution is 5.03. The number of hydrogen-bond acceptors (Lipinski definition) is 4. The van der Waals surface area contributed by atoms with E-state index in [0.29, 0.717) is 18.4 Å². The first-order valence-electron chi connectivity index (χ1n) is 6.43. The molecule has 1 saturated heterocycles. The monoisotopic (exact) mass is 238 g/mol. The highest BCUT2D eigenvalue weighted by atomic mass is 16.4. The van der Waals surface area contributed by atoms with Crippen molar-refractivity contribution in [2.75, 3.05) is 13.1 Å². The Morgan fingerprint density at radius 1 is 1.53 bits per heavy atom. The van der Waals surface area contributed by atoms with E-state index in [1.165, 1.54) is 0 Å². The maximum Gasteiger partial charge on any atom is 0.198 e. The van der Waals surface area contributed by atoms with Gasteiger partial charge in [-0.1, -0.05) is 0 Å². The second kappa shape index (κ2) is 5.19. The molecule has 4 nitrogen and oxygen atoms in total. The summed E-state index contributed by atoms with van der Waals surface area (Å²) in [5.74, 6) is 2.04. The molecule has 0 saturated carbocycles. The van der Waals surface area contributed by atoms with Gasteiger partial charge in [0.25, 0.3) is 0 Å². The molecule has 0 bridgehead atoms. The normalized spacial score (nSPS) is 23.5. The van der Waals surface area contributed by atoms with Crippen molar-refractivity contribution in [3.63, 3.8) is 0 Å². The number of likely N-dealkylation sites (tertiary alicyclic amines) is 1. The quantitative estimate of drug-likeness (QED) is 0.869. The molecule has 1 aliphatic rings. The van der Waals surface area contributed by atoms with Crippen LogP contribution in [0.1, 0.15) is 44.8 Å². The lowest BCUT2D eigenvalue weighted by Gasteiger charge is -2.19. The van der Waals surface area contributed by atoms with Crippen LogP contribution >= 0.6 is 0 Å². The third-order valence-electron chi connectivity index (χ3n) is 3.37. The van der Waals surface area contributed by atoms with Crippen molar-refractivity contribution in [1.29, 1.82) is 0 Å². The van der Waals surface area contributed by atoms with Gasteiger partial charge in [-0.15, -0.1) is 0 Å². The maximum absolute atomic E-state index is 9.30. The minimum absolute atomic E-state index is 0.369. The van der Waals surface area contributed by atoms with Crippen molar-refractivity contribution in [3.05, 3.63) is 17.8 Å². The lowest BCUT2D eigenvalue weighted by Crippen LogP contribution is -2.27. The minimum Gasteiger partial charge on any atom is -0.445 e. The molecule has 1 aromatic heterocycles. The molecule has 0 amide bonds. The van der Waals surface area contributed by atoms with Gasteiger partial charge in [-0.2, -0.15) is 0 Å². The molecule has 2 rings (SSSR count). The molecule has 0 aliphatic carbocycles.